The van der Waals surface area contributed by atoms with Crippen molar-refractivity contribution in [1.29, 1.82) is 0 Å². The summed E-state index contributed by atoms with van der Waals surface area (Å²) in [5, 5.41) is 8.80. The quantitative estimate of drug-likeness (QED) is 0.214. The Morgan fingerprint density at radius 3 is 0.905 bits per heavy atom. The van der Waals surface area contributed by atoms with E-state index < -0.39 is 94.1 Å². The highest BCUT2D eigenvalue weighted by molar-refractivity contribution is 5.47. The first-order valence-corrected chi connectivity index (χ1v) is 8.95. The van der Waals surface area contributed by atoms with Gasteiger partial charge in [-0.3, -0.25) is 0 Å². The summed E-state index contributed by atoms with van der Waals surface area (Å²) >= 11 is 0. The molecule has 42 heavy (non-hydrogen) atoms. The van der Waals surface area contributed by atoms with Gasteiger partial charge in [0, 0.05) is 0 Å². The van der Waals surface area contributed by atoms with E-state index in [1.54, 1.807) is 0 Å². The lowest BCUT2D eigenvalue weighted by Gasteiger charge is -2.44. The third-order valence-corrected chi connectivity index (χ3v) is 5.01. The van der Waals surface area contributed by atoms with E-state index in [4.69, 9.17) is 5.11 Å². The highest BCUT2D eigenvalue weighted by Gasteiger charge is 2.97. The van der Waals surface area contributed by atoms with Gasteiger partial charge in [-0.05, 0) is 0 Å². The van der Waals surface area contributed by atoms with Crippen molar-refractivity contribution in [2.24, 2.45) is 0 Å². The molecule has 1 aromatic rings. The molecule has 0 spiro atoms. The van der Waals surface area contributed by atoms with Crippen molar-refractivity contribution >= 4 is 0 Å². The summed E-state index contributed by atoms with van der Waals surface area (Å²) in [6.07, 6.45) is -15.3. The van der Waals surface area contributed by atoms with Crippen LogP contribution in [0, 0.1) is 17.5 Å². The second kappa shape index (κ2) is 9.38. The Morgan fingerprint density at radius 1 is 0.333 bits per heavy atom. The molecule has 26 heteroatoms. The summed E-state index contributed by atoms with van der Waals surface area (Å²) in [6.45, 7) is 0. The van der Waals surface area contributed by atoms with Crippen LogP contribution in [0.15, 0.2) is 0 Å². The van der Waals surface area contributed by atoms with E-state index in [9.17, 15) is 110 Å². The fraction of sp³-hybridized carbons (Fsp3) is 0.625. The van der Waals surface area contributed by atoms with Crippen molar-refractivity contribution in [3.05, 3.63) is 28.6 Å². The normalized spacial score (nSPS) is 15.8. The topological polar surface area (TPSA) is 20.2 Å². The molecule has 1 aromatic carbocycles. The molecule has 1 nitrogen and oxygen atoms in total. The number of alkyl halides is 22. The summed E-state index contributed by atoms with van der Waals surface area (Å²) in [6, 6.07) is 0. The van der Waals surface area contributed by atoms with Crippen LogP contribution in [0.2, 0.25) is 0 Å². The molecule has 0 heterocycles. The fourth-order valence-corrected chi connectivity index (χ4v) is 2.74. The second-order valence-electron chi connectivity index (χ2n) is 7.63. The predicted molar refractivity (Wildman–Crippen MR) is 77.6 cm³/mol. The molecule has 0 amide bonds. The molecule has 1 rings (SSSR count). The van der Waals surface area contributed by atoms with Crippen LogP contribution in [0.1, 0.15) is 11.1 Å². The zero-order valence-corrected chi connectivity index (χ0v) is 17.9. The Morgan fingerprint density at radius 2 is 0.619 bits per heavy atom. The van der Waals surface area contributed by atoms with Crippen LogP contribution >= 0.6 is 0 Å². The molecule has 0 saturated heterocycles. The zero-order valence-electron chi connectivity index (χ0n) is 17.9. The molecule has 0 fully saturated rings. The monoisotopic (exact) mass is 684 g/mol. The van der Waals surface area contributed by atoms with Gasteiger partial charge < -0.3 is 5.11 Å². The van der Waals surface area contributed by atoms with E-state index >= 15 is 0 Å². The molecule has 0 aliphatic carbocycles. The van der Waals surface area contributed by atoms with Gasteiger partial charge in [0.15, 0.2) is 17.4 Å². The van der Waals surface area contributed by atoms with Crippen molar-refractivity contribution in [3.63, 3.8) is 0 Å². The third kappa shape index (κ3) is 4.42. The molecule has 0 atom stereocenters. The van der Waals surface area contributed by atoms with Crippen LogP contribution in [-0.2, 0) is 12.1 Å². The molecule has 0 aromatic heterocycles. The van der Waals surface area contributed by atoms with E-state index in [1.807, 2.05) is 0 Å². The lowest BCUT2D eigenvalue weighted by atomic mass is 9.84. The first-order chi connectivity index (χ1) is 17.9. The molecule has 0 unspecified atom stereocenters. The first-order valence-electron chi connectivity index (χ1n) is 8.95. The molecular weight excluding hydrogens is 683 g/mol. The maximum absolute atomic E-state index is 14.2. The molecular formula is C16HF25O. The van der Waals surface area contributed by atoms with Crippen molar-refractivity contribution in [2.75, 3.05) is 0 Å². The van der Waals surface area contributed by atoms with Gasteiger partial charge in [0.2, 0.25) is 5.82 Å². The number of phenols is 1. The largest absolute Gasteiger partial charge is 0.504 e. The van der Waals surface area contributed by atoms with Crippen LogP contribution in [0.25, 0.3) is 0 Å². The van der Waals surface area contributed by atoms with Crippen molar-refractivity contribution in [3.8, 4) is 5.75 Å². The Labute approximate surface area is 210 Å². The van der Waals surface area contributed by atoms with Crippen LogP contribution in [0.3, 0.4) is 0 Å². The van der Waals surface area contributed by atoms with E-state index in [-0.39, 0.29) is 0 Å². The van der Waals surface area contributed by atoms with Crippen LogP contribution in [-0.4, -0.2) is 52.7 Å². The maximum Gasteiger partial charge on any atom is 0.460 e. The summed E-state index contributed by atoms with van der Waals surface area (Å²) in [7, 11) is 0. The average Bonchev–Trinajstić information content (AvgIpc) is 2.76. The molecule has 0 bridgehead atoms. The van der Waals surface area contributed by atoms with Gasteiger partial charge in [-0.1, -0.05) is 0 Å². The van der Waals surface area contributed by atoms with Gasteiger partial charge in [0.25, 0.3) is 0 Å². The van der Waals surface area contributed by atoms with E-state index in [0.29, 0.717) is 0 Å². The van der Waals surface area contributed by atoms with Gasteiger partial charge in [-0.15, -0.1) is 0 Å². The molecule has 0 aliphatic rings. The minimum absolute atomic E-state index is 3.63. The summed E-state index contributed by atoms with van der Waals surface area (Å²) < 4.78 is 333. The van der Waals surface area contributed by atoms with Gasteiger partial charge in [0.1, 0.15) is 5.56 Å². The number of phenolic OH excluding ortho intramolecular Hbond substituents is 1. The number of benzene rings is 1. The lowest BCUT2D eigenvalue weighted by molar-refractivity contribution is -0.469. The maximum atomic E-state index is 14.2. The third-order valence-electron chi connectivity index (χ3n) is 5.01. The average molecular weight is 684 g/mol. The van der Waals surface area contributed by atoms with Gasteiger partial charge in [-0.2, -0.15) is 101 Å². The highest BCUT2D eigenvalue weighted by atomic mass is 19.4. The molecule has 0 radical (unpaired) electrons. The lowest BCUT2D eigenvalue weighted by Crippen LogP contribution is -2.75. The minimum atomic E-state index is -9.46. The predicted octanol–water partition coefficient (Wildman–Crippen LogP) is 8.93. The van der Waals surface area contributed by atoms with Crippen molar-refractivity contribution in [2.45, 2.75) is 59.7 Å². The fourth-order valence-electron chi connectivity index (χ4n) is 2.74. The standard InChI is InChI=1S/C16HF25O/c17-3-1(2(8(22,23)24)6(42)5(19)4(3)18)7(20,21)9(25,26)10(27,28)11(29,30)12(31,32)13(33,34)14(35,36)15(37,38)16(39,40)41/h42H. The zero-order chi connectivity index (χ0) is 34.5. The Balaban J connectivity index is 4.13. The van der Waals surface area contributed by atoms with E-state index in [2.05, 4.69) is 0 Å². The number of hydrogen-bond donors (Lipinski definition) is 1. The summed E-state index contributed by atoms with van der Waals surface area (Å²) in [5.74, 6) is -88.4. The minimum Gasteiger partial charge on any atom is -0.504 e. The number of aromatic hydroxyl groups is 1. The van der Waals surface area contributed by atoms with Gasteiger partial charge in [0.05, 0.1) is 5.56 Å². The number of hydrogen-bond acceptors (Lipinski definition) is 1. The van der Waals surface area contributed by atoms with E-state index in [0.717, 1.165) is 0 Å². The SMILES string of the molecule is Oc1c(F)c(F)c(F)c(C(F)(F)C(F)(F)C(F)(F)C(F)(F)C(F)(F)C(F)(F)C(F)(F)C(F)(F)C(F)(F)F)c1C(F)(F)F. The smallest absolute Gasteiger partial charge is 0.460 e. The molecule has 0 saturated carbocycles. The van der Waals surface area contributed by atoms with Gasteiger partial charge >= 0.3 is 59.7 Å². The van der Waals surface area contributed by atoms with E-state index in [1.165, 1.54) is 0 Å². The Bertz CT molecular complexity index is 1200. The molecule has 1 N–H and O–H groups in total. The Kier molecular flexibility index (Phi) is 8.33. The second-order valence-corrected chi connectivity index (χ2v) is 7.63. The van der Waals surface area contributed by atoms with Crippen LogP contribution in [0.4, 0.5) is 110 Å². The van der Waals surface area contributed by atoms with Crippen LogP contribution < -0.4 is 0 Å². The van der Waals surface area contributed by atoms with Gasteiger partial charge in [-0.25, -0.2) is 8.78 Å². The summed E-state index contributed by atoms with van der Waals surface area (Å²) in [4.78, 5) is 0. The highest BCUT2D eigenvalue weighted by Crippen LogP contribution is 2.66. The molecule has 0 aliphatic heterocycles. The first kappa shape index (κ1) is 37.3. The summed E-state index contributed by atoms with van der Waals surface area (Å²) in [5.41, 5.74) is -9.19. The number of halogens is 25. The Hall–Kier alpha value is -2.73. The van der Waals surface area contributed by atoms with Crippen LogP contribution in [0.5, 0.6) is 5.75 Å². The van der Waals surface area contributed by atoms with Crippen molar-refractivity contribution < 1.29 is 115 Å². The number of rotatable bonds is 8. The van der Waals surface area contributed by atoms with Crippen molar-refractivity contribution in [1.82, 2.24) is 0 Å². The molecule has 246 valence electrons.